The van der Waals surface area contributed by atoms with Crippen molar-refractivity contribution in [1.82, 2.24) is 20.7 Å². The first-order valence-electron chi connectivity index (χ1n) is 10.4. The SMILES string of the molecule is N#CCCCS(=O)(=O)N[C@@H](CNC(=O)c1ccc(OCCNC2=NCCCN2)cc1)C(=O)O. The summed E-state index contributed by atoms with van der Waals surface area (Å²) in [7, 11) is -3.90. The van der Waals surface area contributed by atoms with Gasteiger partial charge >= 0.3 is 5.97 Å². The highest BCUT2D eigenvalue weighted by Crippen LogP contribution is 2.12. The maximum absolute atomic E-state index is 12.3. The van der Waals surface area contributed by atoms with Gasteiger partial charge in [0.1, 0.15) is 18.4 Å². The Morgan fingerprint density at radius 2 is 2.06 bits per heavy atom. The molecule has 1 atom stereocenters. The van der Waals surface area contributed by atoms with Gasteiger partial charge in [-0.15, -0.1) is 0 Å². The zero-order chi connectivity index (χ0) is 24.1. The topological polar surface area (TPSA) is 182 Å². The fourth-order valence-electron chi connectivity index (χ4n) is 2.78. The lowest BCUT2D eigenvalue weighted by atomic mass is 10.2. The Hall–Kier alpha value is -3.37. The number of guanidine groups is 1. The molecular formula is C20H28N6O6S. The molecule has 180 valence electrons. The van der Waals surface area contributed by atoms with Gasteiger partial charge in [-0.05, 0) is 37.1 Å². The van der Waals surface area contributed by atoms with Crippen LogP contribution >= 0.6 is 0 Å². The van der Waals surface area contributed by atoms with E-state index in [0.29, 0.717) is 18.9 Å². The van der Waals surface area contributed by atoms with Crippen molar-refractivity contribution in [3.8, 4) is 11.8 Å². The number of aliphatic imine (C=N–C) groups is 1. The summed E-state index contributed by atoms with van der Waals surface area (Å²) in [6, 6.07) is 6.55. The van der Waals surface area contributed by atoms with Gasteiger partial charge in [0.15, 0.2) is 5.96 Å². The average molecular weight is 481 g/mol. The molecule has 0 saturated carbocycles. The summed E-state index contributed by atoms with van der Waals surface area (Å²) in [6.45, 7) is 2.18. The molecule has 13 heteroatoms. The Morgan fingerprint density at radius 3 is 2.70 bits per heavy atom. The number of carbonyl (C=O) groups is 2. The van der Waals surface area contributed by atoms with E-state index in [0.717, 1.165) is 25.5 Å². The van der Waals surface area contributed by atoms with Crippen molar-refractivity contribution in [3.05, 3.63) is 29.8 Å². The molecule has 5 N–H and O–H groups in total. The lowest BCUT2D eigenvalue weighted by molar-refractivity contribution is -0.138. The first kappa shape index (κ1) is 25.9. The number of hydrogen-bond donors (Lipinski definition) is 5. The Bertz CT molecular complexity index is 974. The van der Waals surface area contributed by atoms with E-state index in [1.165, 1.54) is 12.1 Å². The molecule has 0 radical (unpaired) electrons. The summed E-state index contributed by atoms with van der Waals surface area (Å²) >= 11 is 0. The second-order valence-electron chi connectivity index (χ2n) is 7.11. The van der Waals surface area contributed by atoms with Gasteiger partial charge in [0, 0.05) is 31.6 Å². The Morgan fingerprint density at radius 1 is 1.30 bits per heavy atom. The molecule has 0 unspecified atom stereocenters. The number of nitriles is 1. The van der Waals surface area contributed by atoms with E-state index in [9.17, 15) is 23.1 Å². The molecular weight excluding hydrogens is 452 g/mol. The number of unbranched alkanes of at least 4 members (excludes halogenated alkanes) is 1. The number of carbonyl (C=O) groups excluding carboxylic acids is 1. The molecule has 1 amide bonds. The second kappa shape index (κ2) is 13.2. The van der Waals surface area contributed by atoms with E-state index >= 15 is 0 Å². The average Bonchev–Trinajstić information content (AvgIpc) is 2.80. The monoisotopic (exact) mass is 480 g/mol. The molecule has 1 heterocycles. The summed E-state index contributed by atoms with van der Waals surface area (Å²) in [5, 5.41) is 26.4. The first-order chi connectivity index (χ1) is 15.8. The van der Waals surface area contributed by atoms with Crippen LogP contribution in [0.4, 0.5) is 0 Å². The fourth-order valence-corrected chi connectivity index (χ4v) is 4.04. The summed E-state index contributed by atoms with van der Waals surface area (Å²) in [6.07, 6.45) is 1.14. The maximum atomic E-state index is 12.3. The molecule has 0 fully saturated rings. The van der Waals surface area contributed by atoms with Crippen LogP contribution in [0.1, 0.15) is 29.6 Å². The van der Waals surface area contributed by atoms with E-state index < -0.39 is 34.5 Å². The number of sulfonamides is 1. The third kappa shape index (κ3) is 9.75. The van der Waals surface area contributed by atoms with Crippen LogP contribution in [0.25, 0.3) is 0 Å². The highest BCUT2D eigenvalue weighted by Gasteiger charge is 2.24. The van der Waals surface area contributed by atoms with Crippen molar-refractivity contribution in [2.45, 2.75) is 25.3 Å². The molecule has 1 aromatic carbocycles. The molecule has 1 aromatic rings. The number of amides is 1. The minimum atomic E-state index is -3.90. The van der Waals surface area contributed by atoms with Gasteiger partial charge in [0.25, 0.3) is 5.91 Å². The maximum Gasteiger partial charge on any atom is 0.323 e. The van der Waals surface area contributed by atoms with Gasteiger partial charge in [-0.25, -0.2) is 8.42 Å². The number of hydrogen-bond acceptors (Lipinski definition) is 9. The normalized spacial score (nSPS) is 14.2. The highest BCUT2D eigenvalue weighted by atomic mass is 32.2. The largest absolute Gasteiger partial charge is 0.492 e. The van der Waals surface area contributed by atoms with E-state index in [-0.39, 0.29) is 24.2 Å². The molecule has 12 nitrogen and oxygen atoms in total. The Balaban J connectivity index is 1.78. The second-order valence-corrected chi connectivity index (χ2v) is 8.98. The standard InChI is InChI=1S/C20H28N6O6S/c21-8-1-2-13-33(30,31)26-17(19(28)29)14-25-18(27)15-4-6-16(7-5-15)32-12-11-24-20-22-9-3-10-23-20/h4-7,17,26H,1-3,9-14H2,(H,25,27)(H,28,29)(H2,22,23,24)/t17-/m0/s1. The van der Waals surface area contributed by atoms with Gasteiger partial charge < -0.3 is 25.8 Å². The van der Waals surface area contributed by atoms with Gasteiger partial charge in [-0.2, -0.15) is 9.98 Å². The lowest BCUT2D eigenvalue weighted by Crippen LogP contribution is -2.48. The van der Waals surface area contributed by atoms with Crippen LogP contribution in [-0.4, -0.2) is 75.9 Å². The summed E-state index contributed by atoms with van der Waals surface area (Å²) in [4.78, 5) is 28.0. The quantitative estimate of drug-likeness (QED) is 0.230. The van der Waals surface area contributed by atoms with Crippen molar-refractivity contribution < 1.29 is 27.9 Å². The van der Waals surface area contributed by atoms with E-state index in [4.69, 9.17) is 10.00 Å². The van der Waals surface area contributed by atoms with Crippen LogP contribution in [0.5, 0.6) is 5.75 Å². The van der Waals surface area contributed by atoms with Crippen molar-refractivity contribution in [2.24, 2.45) is 4.99 Å². The summed E-state index contributed by atoms with van der Waals surface area (Å²) < 4.78 is 31.5. The smallest absolute Gasteiger partial charge is 0.323 e. The number of rotatable bonds is 13. The molecule has 0 bridgehead atoms. The number of benzene rings is 1. The number of nitrogens with zero attached hydrogens (tertiary/aromatic N) is 2. The van der Waals surface area contributed by atoms with Crippen LogP contribution in [-0.2, 0) is 14.8 Å². The predicted octanol–water partition coefficient (Wildman–Crippen LogP) is -0.590. The van der Waals surface area contributed by atoms with E-state index in [1.54, 1.807) is 12.1 Å². The molecule has 1 aliphatic heterocycles. The number of ether oxygens (including phenoxy) is 1. The Kier molecular flexibility index (Phi) is 10.4. The number of aliphatic carboxylic acids is 1. The minimum absolute atomic E-state index is 0.0398. The van der Waals surface area contributed by atoms with Gasteiger partial charge in [0.2, 0.25) is 10.0 Å². The zero-order valence-corrected chi connectivity index (χ0v) is 18.9. The molecule has 0 aliphatic carbocycles. The van der Waals surface area contributed by atoms with E-state index in [1.807, 2.05) is 10.8 Å². The highest BCUT2D eigenvalue weighted by molar-refractivity contribution is 7.89. The van der Waals surface area contributed by atoms with Crippen molar-refractivity contribution in [3.63, 3.8) is 0 Å². The molecule has 0 spiro atoms. The van der Waals surface area contributed by atoms with Crippen LogP contribution in [0.2, 0.25) is 0 Å². The molecule has 33 heavy (non-hydrogen) atoms. The van der Waals surface area contributed by atoms with Crippen LogP contribution < -0.4 is 25.4 Å². The van der Waals surface area contributed by atoms with Gasteiger partial charge in [-0.3, -0.25) is 14.6 Å². The first-order valence-corrected chi connectivity index (χ1v) is 12.1. The van der Waals surface area contributed by atoms with Crippen molar-refractivity contribution >= 4 is 27.9 Å². The number of carboxylic acid groups (broad SMARTS) is 1. The van der Waals surface area contributed by atoms with Gasteiger partial charge in [-0.1, -0.05) is 0 Å². The summed E-state index contributed by atoms with van der Waals surface area (Å²) in [5.74, 6) is -1.05. The predicted molar refractivity (Wildman–Crippen MR) is 120 cm³/mol. The molecule has 0 aromatic heterocycles. The third-order valence-electron chi connectivity index (χ3n) is 4.47. The molecule has 0 saturated heterocycles. The lowest BCUT2D eigenvalue weighted by Gasteiger charge is -2.16. The van der Waals surface area contributed by atoms with E-state index in [2.05, 4.69) is 20.9 Å². The third-order valence-corrected chi connectivity index (χ3v) is 5.94. The van der Waals surface area contributed by atoms with Crippen molar-refractivity contribution in [2.75, 3.05) is 38.5 Å². The number of nitrogens with one attached hydrogen (secondary N) is 4. The minimum Gasteiger partial charge on any atom is -0.492 e. The molecule has 2 rings (SSSR count). The zero-order valence-electron chi connectivity index (χ0n) is 18.0. The van der Waals surface area contributed by atoms with Crippen LogP contribution in [0, 0.1) is 11.3 Å². The van der Waals surface area contributed by atoms with Crippen LogP contribution in [0.15, 0.2) is 29.3 Å². The van der Waals surface area contributed by atoms with Crippen molar-refractivity contribution in [1.29, 1.82) is 5.26 Å². The summed E-state index contributed by atoms with van der Waals surface area (Å²) in [5.41, 5.74) is 0.266. The Labute approximate surface area is 192 Å². The van der Waals surface area contributed by atoms with Gasteiger partial charge in [0.05, 0.1) is 18.4 Å². The van der Waals surface area contributed by atoms with Crippen LogP contribution in [0.3, 0.4) is 0 Å². The fraction of sp³-hybridized carbons (Fsp3) is 0.500. The number of carboxylic acids is 1. The molecule has 1 aliphatic rings.